The molecular weight excluding hydrogens is 290 g/mol. The summed E-state index contributed by atoms with van der Waals surface area (Å²) in [6.07, 6.45) is 0.790. The first-order valence-electron chi connectivity index (χ1n) is 6.37. The number of nitro groups is 1. The molecule has 1 aromatic carbocycles. The van der Waals surface area contributed by atoms with Crippen molar-refractivity contribution in [3.63, 3.8) is 0 Å². The summed E-state index contributed by atoms with van der Waals surface area (Å²) in [5, 5.41) is 20.7. The first-order chi connectivity index (χ1) is 10.1. The van der Waals surface area contributed by atoms with E-state index in [4.69, 9.17) is 0 Å². The maximum Gasteiger partial charge on any atom is 0.293 e. The van der Waals surface area contributed by atoms with E-state index in [1.807, 2.05) is 16.8 Å². The molecule has 1 aromatic heterocycles. The normalized spacial score (nSPS) is 10.1. The Morgan fingerprint density at radius 3 is 2.81 bits per heavy atom. The Morgan fingerprint density at radius 1 is 1.38 bits per heavy atom. The van der Waals surface area contributed by atoms with Gasteiger partial charge in [0.15, 0.2) is 0 Å². The van der Waals surface area contributed by atoms with E-state index >= 15 is 0 Å². The lowest BCUT2D eigenvalue weighted by molar-refractivity contribution is -0.384. The average molecular weight is 305 g/mol. The van der Waals surface area contributed by atoms with E-state index in [1.54, 1.807) is 23.5 Å². The number of nitro benzene ring substituents is 1. The second kappa shape index (κ2) is 6.85. The number of anilines is 1. The second-order valence-electron chi connectivity index (χ2n) is 4.38. The van der Waals surface area contributed by atoms with Gasteiger partial charge in [0.2, 0.25) is 0 Å². The van der Waals surface area contributed by atoms with Gasteiger partial charge in [-0.15, -0.1) is 0 Å². The zero-order chi connectivity index (χ0) is 15.2. The summed E-state index contributed by atoms with van der Waals surface area (Å²) in [6, 6.07) is 6.44. The third-order valence-corrected chi connectivity index (χ3v) is 3.72. The van der Waals surface area contributed by atoms with Gasteiger partial charge in [0.1, 0.15) is 5.69 Å². The van der Waals surface area contributed by atoms with E-state index in [1.165, 1.54) is 18.7 Å². The fraction of sp³-hybridized carbons (Fsp3) is 0.214. The smallest absolute Gasteiger partial charge is 0.293 e. The van der Waals surface area contributed by atoms with Crippen LogP contribution in [0.5, 0.6) is 0 Å². The predicted octanol–water partition coefficient (Wildman–Crippen LogP) is 2.67. The molecule has 0 aliphatic rings. The molecule has 0 saturated carbocycles. The van der Waals surface area contributed by atoms with E-state index in [0.717, 1.165) is 6.42 Å². The zero-order valence-electron chi connectivity index (χ0n) is 11.5. The molecule has 0 fully saturated rings. The molecule has 0 aliphatic carbocycles. The minimum Gasteiger partial charge on any atom is -0.379 e. The van der Waals surface area contributed by atoms with Crippen molar-refractivity contribution in [2.75, 3.05) is 18.9 Å². The van der Waals surface area contributed by atoms with Crippen molar-refractivity contribution in [3.8, 4) is 0 Å². The highest BCUT2D eigenvalue weighted by molar-refractivity contribution is 7.07. The number of nitrogens with zero attached hydrogens (tertiary/aromatic N) is 1. The van der Waals surface area contributed by atoms with Crippen LogP contribution in [0.1, 0.15) is 15.9 Å². The average Bonchev–Trinajstić information content (AvgIpc) is 2.99. The SMILES string of the molecule is CNC(=O)c1ccc(NCCc2ccsc2)c([N+](=O)[O-])c1. The predicted molar refractivity (Wildman–Crippen MR) is 83.0 cm³/mol. The Bertz CT molecular complexity index is 641. The van der Waals surface area contributed by atoms with Crippen LogP contribution in [0.25, 0.3) is 0 Å². The first kappa shape index (κ1) is 15.0. The van der Waals surface area contributed by atoms with Gasteiger partial charge in [-0.1, -0.05) is 0 Å². The van der Waals surface area contributed by atoms with Crippen molar-refractivity contribution in [3.05, 3.63) is 56.3 Å². The van der Waals surface area contributed by atoms with E-state index in [-0.39, 0.29) is 17.2 Å². The third-order valence-electron chi connectivity index (χ3n) is 2.99. The third kappa shape index (κ3) is 3.79. The molecule has 0 radical (unpaired) electrons. The van der Waals surface area contributed by atoms with Crippen LogP contribution in [-0.2, 0) is 6.42 Å². The van der Waals surface area contributed by atoms with Gasteiger partial charge >= 0.3 is 0 Å². The topological polar surface area (TPSA) is 84.3 Å². The summed E-state index contributed by atoms with van der Waals surface area (Å²) >= 11 is 1.62. The quantitative estimate of drug-likeness (QED) is 0.635. The van der Waals surface area contributed by atoms with Crippen molar-refractivity contribution >= 4 is 28.6 Å². The van der Waals surface area contributed by atoms with E-state index in [9.17, 15) is 14.9 Å². The molecule has 1 amide bonds. The summed E-state index contributed by atoms with van der Waals surface area (Å²) < 4.78 is 0. The molecule has 110 valence electrons. The molecule has 2 N–H and O–H groups in total. The molecule has 21 heavy (non-hydrogen) atoms. The minimum absolute atomic E-state index is 0.0959. The molecule has 0 aliphatic heterocycles. The molecule has 2 aromatic rings. The summed E-state index contributed by atoms with van der Waals surface area (Å²) in [5.41, 5.74) is 1.79. The van der Waals surface area contributed by atoms with Crippen molar-refractivity contribution in [1.29, 1.82) is 0 Å². The number of thiophene rings is 1. The van der Waals surface area contributed by atoms with E-state index in [0.29, 0.717) is 12.2 Å². The molecule has 0 saturated heterocycles. The second-order valence-corrected chi connectivity index (χ2v) is 5.16. The highest BCUT2D eigenvalue weighted by Crippen LogP contribution is 2.25. The van der Waals surface area contributed by atoms with Gasteiger partial charge in [-0.2, -0.15) is 11.3 Å². The number of carbonyl (C=O) groups is 1. The summed E-state index contributed by atoms with van der Waals surface area (Å²) in [4.78, 5) is 22.1. The molecule has 0 spiro atoms. The fourth-order valence-corrected chi connectivity index (χ4v) is 2.60. The number of carbonyl (C=O) groups excluding carboxylic acids is 1. The largest absolute Gasteiger partial charge is 0.379 e. The Morgan fingerprint density at radius 2 is 2.19 bits per heavy atom. The van der Waals surface area contributed by atoms with Gasteiger partial charge in [0.25, 0.3) is 11.6 Å². The lowest BCUT2D eigenvalue weighted by Crippen LogP contribution is -2.18. The number of hydrogen-bond acceptors (Lipinski definition) is 5. The van der Waals surface area contributed by atoms with Gasteiger partial charge in [-0.25, -0.2) is 0 Å². The fourth-order valence-electron chi connectivity index (χ4n) is 1.89. The Labute approximate surface area is 126 Å². The van der Waals surface area contributed by atoms with Crippen LogP contribution in [-0.4, -0.2) is 24.4 Å². The van der Waals surface area contributed by atoms with Gasteiger partial charge in [0.05, 0.1) is 4.92 Å². The van der Waals surface area contributed by atoms with Crippen molar-refractivity contribution in [2.45, 2.75) is 6.42 Å². The van der Waals surface area contributed by atoms with Crippen LogP contribution >= 0.6 is 11.3 Å². The Kier molecular flexibility index (Phi) is 4.89. The highest BCUT2D eigenvalue weighted by atomic mass is 32.1. The van der Waals surface area contributed by atoms with Crippen LogP contribution in [0.4, 0.5) is 11.4 Å². The first-order valence-corrected chi connectivity index (χ1v) is 7.31. The molecule has 0 atom stereocenters. The number of nitrogens with one attached hydrogen (secondary N) is 2. The van der Waals surface area contributed by atoms with Crippen molar-refractivity contribution < 1.29 is 9.72 Å². The lowest BCUT2D eigenvalue weighted by Gasteiger charge is -2.08. The summed E-state index contributed by atoms with van der Waals surface area (Å²) in [5.74, 6) is -0.345. The van der Waals surface area contributed by atoms with Gasteiger partial charge in [-0.05, 0) is 40.9 Å². The van der Waals surface area contributed by atoms with Crippen LogP contribution in [0, 0.1) is 10.1 Å². The van der Waals surface area contributed by atoms with Crippen LogP contribution in [0.2, 0.25) is 0 Å². The lowest BCUT2D eigenvalue weighted by atomic mass is 10.1. The van der Waals surface area contributed by atoms with Gasteiger partial charge in [0, 0.05) is 25.2 Å². The Balaban J connectivity index is 2.11. The molecule has 7 heteroatoms. The molecule has 0 unspecified atom stereocenters. The number of rotatable bonds is 6. The Hall–Kier alpha value is -2.41. The molecule has 1 heterocycles. The number of hydrogen-bond donors (Lipinski definition) is 2. The van der Waals surface area contributed by atoms with E-state index in [2.05, 4.69) is 10.6 Å². The minimum atomic E-state index is -0.487. The zero-order valence-corrected chi connectivity index (χ0v) is 12.3. The van der Waals surface area contributed by atoms with Crippen LogP contribution < -0.4 is 10.6 Å². The molecule has 2 rings (SSSR count). The van der Waals surface area contributed by atoms with Gasteiger partial charge in [-0.3, -0.25) is 14.9 Å². The monoisotopic (exact) mass is 305 g/mol. The maximum absolute atomic E-state index is 11.5. The molecular formula is C14H15N3O3S. The summed E-state index contributed by atoms with van der Waals surface area (Å²) in [7, 11) is 1.49. The standard InChI is InChI=1S/C14H15N3O3S/c1-15-14(18)11-2-3-12(13(8-11)17(19)20)16-6-4-10-5-7-21-9-10/h2-3,5,7-9,16H,4,6H2,1H3,(H,15,18). The highest BCUT2D eigenvalue weighted by Gasteiger charge is 2.16. The maximum atomic E-state index is 11.5. The van der Waals surface area contributed by atoms with Crippen LogP contribution in [0.3, 0.4) is 0 Å². The summed E-state index contributed by atoms with van der Waals surface area (Å²) in [6.45, 7) is 0.594. The van der Waals surface area contributed by atoms with Crippen molar-refractivity contribution in [2.24, 2.45) is 0 Å². The van der Waals surface area contributed by atoms with Crippen molar-refractivity contribution in [1.82, 2.24) is 5.32 Å². The van der Waals surface area contributed by atoms with Gasteiger partial charge < -0.3 is 10.6 Å². The molecule has 0 bridgehead atoms. The van der Waals surface area contributed by atoms with E-state index < -0.39 is 4.92 Å². The molecule has 6 nitrogen and oxygen atoms in total. The number of amides is 1. The van der Waals surface area contributed by atoms with Crippen LogP contribution in [0.15, 0.2) is 35.0 Å². The number of benzene rings is 1.